The van der Waals surface area contributed by atoms with Gasteiger partial charge in [-0.25, -0.2) is 4.98 Å². The maximum Gasteiger partial charge on any atom is 0.311 e. The summed E-state index contributed by atoms with van der Waals surface area (Å²) in [5.41, 5.74) is 1.97. The number of rotatable bonds is 6. The number of ether oxygens (including phenoxy) is 1. The minimum atomic E-state index is -0.232. The molecule has 0 aliphatic carbocycles. The number of anilines is 1. The van der Waals surface area contributed by atoms with E-state index in [0.29, 0.717) is 6.61 Å². The largest absolute Gasteiger partial charge is 0.466 e. The summed E-state index contributed by atoms with van der Waals surface area (Å²) in [6.07, 6.45) is 0.233. The molecular weight excluding hydrogens is 352 g/mol. The molecular formula is C15H17BrN2O2S. The minimum Gasteiger partial charge on any atom is -0.466 e. The number of halogens is 1. The second kappa shape index (κ2) is 7.56. The zero-order valence-corrected chi connectivity index (χ0v) is 14.4. The summed E-state index contributed by atoms with van der Waals surface area (Å²) in [5.74, 6) is -0.232. The molecule has 0 atom stereocenters. The van der Waals surface area contributed by atoms with Crippen LogP contribution in [0.1, 0.15) is 18.2 Å². The highest BCUT2D eigenvalue weighted by molar-refractivity contribution is 9.10. The first kappa shape index (κ1) is 16.0. The molecule has 1 aromatic heterocycles. The zero-order chi connectivity index (χ0) is 15.2. The van der Waals surface area contributed by atoms with Crippen LogP contribution >= 0.6 is 27.3 Å². The van der Waals surface area contributed by atoms with Crippen molar-refractivity contribution in [3.8, 4) is 0 Å². The van der Waals surface area contributed by atoms with Crippen molar-refractivity contribution in [3.05, 3.63) is 45.4 Å². The molecule has 0 saturated heterocycles. The molecule has 0 spiro atoms. The standard InChI is InChI=1S/C15H17BrN2O2S/c1-3-20-14(19)8-13-10-21-15(17-13)18(2)9-11-4-6-12(16)7-5-11/h4-7,10H,3,8-9H2,1-2H3. The van der Waals surface area contributed by atoms with Crippen molar-refractivity contribution in [3.63, 3.8) is 0 Å². The molecule has 0 saturated carbocycles. The summed E-state index contributed by atoms with van der Waals surface area (Å²) < 4.78 is 6.00. The van der Waals surface area contributed by atoms with Crippen molar-refractivity contribution in [2.45, 2.75) is 19.9 Å². The van der Waals surface area contributed by atoms with Gasteiger partial charge in [-0.2, -0.15) is 0 Å². The van der Waals surface area contributed by atoms with Gasteiger partial charge in [0.05, 0.1) is 18.7 Å². The lowest BCUT2D eigenvalue weighted by Crippen LogP contribution is -2.16. The molecule has 2 rings (SSSR count). The molecule has 2 aromatic rings. The van der Waals surface area contributed by atoms with Crippen LogP contribution in [-0.2, 0) is 22.5 Å². The van der Waals surface area contributed by atoms with Gasteiger partial charge in [0.25, 0.3) is 0 Å². The van der Waals surface area contributed by atoms with Gasteiger partial charge in [-0.3, -0.25) is 4.79 Å². The second-order valence-electron chi connectivity index (χ2n) is 4.59. The Kier molecular flexibility index (Phi) is 5.76. The lowest BCUT2D eigenvalue weighted by molar-refractivity contribution is -0.142. The van der Waals surface area contributed by atoms with Gasteiger partial charge < -0.3 is 9.64 Å². The van der Waals surface area contributed by atoms with E-state index >= 15 is 0 Å². The van der Waals surface area contributed by atoms with Crippen LogP contribution < -0.4 is 4.90 Å². The molecule has 21 heavy (non-hydrogen) atoms. The summed E-state index contributed by atoms with van der Waals surface area (Å²) in [6.45, 7) is 2.98. The van der Waals surface area contributed by atoms with E-state index in [1.807, 2.05) is 24.6 Å². The fourth-order valence-corrected chi connectivity index (χ4v) is 2.90. The molecule has 0 amide bonds. The fourth-order valence-electron chi connectivity index (χ4n) is 1.84. The molecule has 0 fully saturated rings. The molecule has 1 aromatic carbocycles. The monoisotopic (exact) mass is 368 g/mol. The third-order valence-corrected chi connectivity index (χ3v) is 4.36. The number of esters is 1. The van der Waals surface area contributed by atoms with E-state index in [-0.39, 0.29) is 12.4 Å². The van der Waals surface area contributed by atoms with E-state index in [4.69, 9.17) is 4.74 Å². The SMILES string of the molecule is CCOC(=O)Cc1csc(N(C)Cc2ccc(Br)cc2)n1. The van der Waals surface area contributed by atoms with Gasteiger partial charge in [-0.15, -0.1) is 11.3 Å². The molecule has 112 valence electrons. The van der Waals surface area contributed by atoms with Gasteiger partial charge in [-0.1, -0.05) is 28.1 Å². The minimum absolute atomic E-state index is 0.232. The van der Waals surface area contributed by atoms with E-state index in [9.17, 15) is 4.79 Å². The number of benzene rings is 1. The first-order valence-electron chi connectivity index (χ1n) is 6.64. The van der Waals surface area contributed by atoms with Crippen molar-refractivity contribution >= 4 is 38.4 Å². The normalized spacial score (nSPS) is 10.4. The molecule has 4 nitrogen and oxygen atoms in total. The lowest BCUT2D eigenvalue weighted by Gasteiger charge is -2.15. The number of carbonyl (C=O) groups excluding carboxylic acids is 1. The number of hydrogen-bond donors (Lipinski definition) is 0. The number of aromatic nitrogens is 1. The summed E-state index contributed by atoms with van der Waals surface area (Å²) in [6, 6.07) is 8.20. The van der Waals surface area contributed by atoms with E-state index < -0.39 is 0 Å². The summed E-state index contributed by atoms with van der Waals surface area (Å²) in [4.78, 5) is 18.0. The summed E-state index contributed by atoms with van der Waals surface area (Å²) in [7, 11) is 2.00. The number of nitrogens with zero attached hydrogens (tertiary/aromatic N) is 2. The molecule has 1 heterocycles. The smallest absolute Gasteiger partial charge is 0.311 e. The zero-order valence-electron chi connectivity index (χ0n) is 12.0. The lowest BCUT2D eigenvalue weighted by atomic mass is 10.2. The predicted octanol–water partition coefficient (Wildman–Crippen LogP) is 3.65. The van der Waals surface area contributed by atoms with Gasteiger partial charge in [0.15, 0.2) is 5.13 Å². The van der Waals surface area contributed by atoms with E-state index in [1.165, 1.54) is 16.9 Å². The molecule has 0 bridgehead atoms. The van der Waals surface area contributed by atoms with Crippen LogP contribution in [0, 0.1) is 0 Å². The van der Waals surface area contributed by atoms with Crippen LogP contribution in [-0.4, -0.2) is 24.6 Å². The quantitative estimate of drug-likeness (QED) is 0.729. The molecule has 0 radical (unpaired) electrons. The van der Waals surface area contributed by atoms with Crippen LogP contribution in [0.5, 0.6) is 0 Å². The van der Waals surface area contributed by atoms with Gasteiger partial charge in [0.2, 0.25) is 0 Å². The first-order valence-corrected chi connectivity index (χ1v) is 8.31. The molecule has 6 heteroatoms. The fraction of sp³-hybridized carbons (Fsp3) is 0.333. The van der Waals surface area contributed by atoms with Crippen LogP contribution in [0.3, 0.4) is 0 Å². The highest BCUT2D eigenvalue weighted by atomic mass is 79.9. The third-order valence-electron chi connectivity index (χ3n) is 2.83. The Balaban J connectivity index is 1.96. The van der Waals surface area contributed by atoms with Gasteiger partial charge in [0, 0.05) is 23.4 Å². The summed E-state index contributed by atoms with van der Waals surface area (Å²) in [5, 5.41) is 2.81. The Hall–Kier alpha value is -1.40. The van der Waals surface area contributed by atoms with Gasteiger partial charge >= 0.3 is 5.97 Å². The number of hydrogen-bond acceptors (Lipinski definition) is 5. The van der Waals surface area contributed by atoms with E-state index in [1.54, 1.807) is 6.92 Å². The number of carbonyl (C=O) groups is 1. The third kappa shape index (κ3) is 4.82. The highest BCUT2D eigenvalue weighted by Crippen LogP contribution is 2.22. The maximum atomic E-state index is 11.4. The Morgan fingerprint density at radius 3 is 2.76 bits per heavy atom. The van der Waals surface area contributed by atoms with Crippen LogP contribution in [0.4, 0.5) is 5.13 Å². The first-order chi connectivity index (χ1) is 10.1. The van der Waals surface area contributed by atoms with Crippen molar-refractivity contribution in [2.75, 3.05) is 18.6 Å². The Morgan fingerprint density at radius 2 is 2.10 bits per heavy atom. The Bertz CT molecular complexity index is 598. The van der Waals surface area contributed by atoms with E-state index in [2.05, 4.69) is 37.9 Å². The van der Waals surface area contributed by atoms with Crippen LogP contribution in [0.15, 0.2) is 34.1 Å². The Labute approximate surface area is 136 Å². The maximum absolute atomic E-state index is 11.4. The second-order valence-corrected chi connectivity index (χ2v) is 6.34. The summed E-state index contributed by atoms with van der Waals surface area (Å²) >= 11 is 4.97. The highest BCUT2D eigenvalue weighted by Gasteiger charge is 2.11. The number of thiazole rings is 1. The topological polar surface area (TPSA) is 42.4 Å². The molecule has 0 aliphatic rings. The van der Waals surface area contributed by atoms with Gasteiger partial charge in [0.1, 0.15) is 0 Å². The Morgan fingerprint density at radius 1 is 1.38 bits per heavy atom. The molecule has 0 unspecified atom stereocenters. The average Bonchev–Trinajstić information content (AvgIpc) is 2.90. The molecule has 0 N–H and O–H groups in total. The predicted molar refractivity (Wildman–Crippen MR) is 88.7 cm³/mol. The van der Waals surface area contributed by atoms with Gasteiger partial charge in [-0.05, 0) is 24.6 Å². The van der Waals surface area contributed by atoms with Crippen LogP contribution in [0.2, 0.25) is 0 Å². The van der Waals surface area contributed by atoms with Crippen molar-refractivity contribution in [2.24, 2.45) is 0 Å². The van der Waals surface area contributed by atoms with Crippen molar-refractivity contribution < 1.29 is 9.53 Å². The van der Waals surface area contributed by atoms with E-state index in [0.717, 1.165) is 21.8 Å². The average molecular weight is 369 g/mol. The molecule has 0 aliphatic heterocycles. The van der Waals surface area contributed by atoms with Crippen LogP contribution in [0.25, 0.3) is 0 Å². The van der Waals surface area contributed by atoms with Crippen molar-refractivity contribution in [1.82, 2.24) is 4.98 Å². The van der Waals surface area contributed by atoms with Crippen molar-refractivity contribution in [1.29, 1.82) is 0 Å².